The molecule has 2 heterocycles. The Hall–Kier alpha value is -2.88. The Bertz CT molecular complexity index is 694. The molecule has 1 unspecified atom stereocenters. The first kappa shape index (κ1) is 13.1. The van der Waals surface area contributed by atoms with Crippen LogP contribution >= 0.6 is 0 Å². The maximum absolute atomic E-state index is 12.3. The summed E-state index contributed by atoms with van der Waals surface area (Å²) in [5.41, 5.74) is 1.53. The minimum atomic E-state index is -0.318. The number of furan rings is 1. The van der Waals surface area contributed by atoms with Crippen LogP contribution in [0, 0.1) is 0 Å². The Balaban J connectivity index is 1.89. The molecule has 0 spiro atoms. The molecule has 0 fully saturated rings. The molecule has 4 heteroatoms. The van der Waals surface area contributed by atoms with Crippen LogP contribution in [-0.2, 0) is 0 Å². The summed E-state index contributed by atoms with van der Waals surface area (Å²) in [7, 11) is 0. The Kier molecular flexibility index (Phi) is 3.78. The third kappa shape index (κ3) is 3.00. The number of benzene rings is 1. The van der Waals surface area contributed by atoms with E-state index < -0.39 is 0 Å². The molecule has 1 N–H and O–H groups in total. The summed E-state index contributed by atoms with van der Waals surface area (Å²) >= 11 is 0. The van der Waals surface area contributed by atoms with Gasteiger partial charge in [0.15, 0.2) is 0 Å². The van der Waals surface area contributed by atoms with Gasteiger partial charge in [0.25, 0.3) is 5.91 Å². The number of carbonyl (C=O) groups is 1. The Morgan fingerprint density at radius 3 is 2.43 bits per heavy atom. The van der Waals surface area contributed by atoms with Crippen LogP contribution in [-0.4, -0.2) is 10.9 Å². The summed E-state index contributed by atoms with van der Waals surface area (Å²) in [6.45, 7) is 0. The van der Waals surface area contributed by atoms with E-state index in [-0.39, 0.29) is 11.9 Å². The number of rotatable bonds is 4. The lowest BCUT2D eigenvalue weighted by molar-refractivity contribution is 0.0939. The van der Waals surface area contributed by atoms with Crippen molar-refractivity contribution in [1.82, 2.24) is 10.3 Å². The number of hydrogen-bond donors (Lipinski definition) is 1. The lowest BCUT2D eigenvalue weighted by Crippen LogP contribution is -2.29. The summed E-state index contributed by atoms with van der Waals surface area (Å²) in [6, 6.07) is 16.4. The maximum Gasteiger partial charge on any atom is 0.252 e. The molecule has 3 aromatic rings. The van der Waals surface area contributed by atoms with Gasteiger partial charge >= 0.3 is 0 Å². The van der Waals surface area contributed by atoms with E-state index in [0.717, 1.165) is 5.56 Å². The monoisotopic (exact) mass is 278 g/mol. The number of nitrogens with zero attached hydrogens (tertiary/aromatic N) is 1. The van der Waals surface area contributed by atoms with E-state index in [1.54, 1.807) is 30.8 Å². The molecule has 1 aromatic carbocycles. The molecule has 0 aliphatic rings. The molecule has 1 amide bonds. The van der Waals surface area contributed by atoms with Crippen molar-refractivity contribution < 1.29 is 9.21 Å². The molecule has 21 heavy (non-hydrogen) atoms. The first-order chi connectivity index (χ1) is 10.3. The Morgan fingerprint density at radius 1 is 1.00 bits per heavy atom. The van der Waals surface area contributed by atoms with Crippen LogP contribution in [0.4, 0.5) is 0 Å². The number of pyridine rings is 1. The molecular weight excluding hydrogens is 264 g/mol. The molecule has 104 valence electrons. The van der Waals surface area contributed by atoms with Gasteiger partial charge in [-0.3, -0.25) is 9.78 Å². The van der Waals surface area contributed by atoms with Crippen LogP contribution in [0.2, 0.25) is 0 Å². The first-order valence-corrected chi connectivity index (χ1v) is 6.64. The fourth-order valence-electron chi connectivity index (χ4n) is 2.14. The number of nitrogens with one attached hydrogen (secondary N) is 1. The van der Waals surface area contributed by atoms with Gasteiger partial charge in [-0.2, -0.15) is 0 Å². The predicted octanol–water partition coefficient (Wildman–Crippen LogP) is 3.19. The lowest BCUT2D eigenvalue weighted by Gasteiger charge is -2.17. The molecule has 0 bridgehead atoms. The highest BCUT2D eigenvalue weighted by atomic mass is 16.3. The summed E-state index contributed by atoms with van der Waals surface area (Å²) in [4.78, 5) is 16.3. The van der Waals surface area contributed by atoms with Crippen molar-refractivity contribution in [3.05, 3.63) is 90.1 Å². The van der Waals surface area contributed by atoms with Crippen LogP contribution in [0.5, 0.6) is 0 Å². The van der Waals surface area contributed by atoms with Crippen molar-refractivity contribution in [3.63, 3.8) is 0 Å². The number of carbonyl (C=O) groups excluding carboxylic acids is 1. The zero-order valence-corrected chi connectivity index (χ0v) is 11.3. The smallest absolute Gasteiger partial charge is 0.252 e. The molecule has 0 aliphatic carbocycles. The second-order valence-corrected chi connectivity index (χ2v) is 4.57. The Morgan fingerprint density at radius 2 is 1.76 bits per heavy atom. The number of aromatic nitrogens is 1. The van der Waals surface area contributed by atoms with Gasteiger partial charge in [-0.05, 0) is 29.8 Å². The van der Waals surface area contributed by atoms with Crippen molar-refractivity contribution in [3.8, 4) is 0 Å². The van der Waals surface area contributed by atoms with Crippen LogP contribution in [0.1, 0.15) is 27.7 Å². The van der Waals surface area contributed by atoms with Gasteiger partial charge < -0.3 is 9.73 Å². The molecule has 1 atom stereocenters. The van der Waals surface area contributed by atoms with E-state index >= 15 is 0 Å². The van der Waals surface area contributed by atoms with Crippen LogP contribution < -0.4 is 5.32 Å². The zero-order chi connectivity index (χ0) is 14.5. The van der Waals surface area contributed by atoms with Crippen LogP contribution in [0.25, 0.3) is 0 Å². The van der Waals surface area contributed by atoms with Gasteiger partial charge in [-0.25, -0.2) is 0 Å². The average molecular weight is 278 g/mol. The molecule has 0 aliphatic heterocycles. The standard InChI is InChI=1S/C17H14N2O2/c20-17(14-8-10-18-11-9-14)19-16(15-7-4-12-21-15)13-5-2-1-3-6-13/h1-12,16H,(H,19,20). The zero-order valence-electron chi connectivity index (χ0n) is 11.3. The normalized spacial score (nSPS) is 11.8. The maximum atomic E-state index is 12.3. The van der Waals surface area contributed by atoms with Gasteiger partial charge in [-0.15, -0.1) is 0 Å². The van der Waals surface area contributed by atoms with E-state index in [4.69, 9.17) is 4.42 Å². The van der Waals surface area contributed by atoms with Gasteiger partial charge in [0, 0.05) is 18.0 Å². The third-order valence-electron chi connectivity index (χ3n) is 3.18. The lowest BCUT2D eigenvalue weighted by atomic mass is 10.0. The highest BCUT2D eigenvalue weighted by molar-refractivity contribution is 5.94. The first-order valence-electron chi connectivity index (χ1n) is 6.64. The molecule has 2 aromatic heterocycles. The van der Waals surface area contributed by atoms with E-state index in [1.165, 1.54) is 0 Å². The second-order valence-electron chi connectivity index (χ2n) is 4.57. The van der Waals surface area contributed by atoms with Crippen molar-refractivity contribution in [2.24, 2.45) is 0 Å². The fourth-order valence-corrected chi connectivity index (χ4v) is 2.14. The average Bonchev–Trinajstić information content (AvgIpc) is 3.08. The summed E-state index contributed by atoms with van der Waals surface area (Å²) in [5.74, 6) is 0.534. The Labute approximate surface area is 122 Å². The van der Waals surface area contributed by atoms with Crippen LogP contribution in [0.3, 0.4) is 0 Å². The molecule has 4 nitrogen and oxygen atoms in total. The second kappa shape index (κ2) is 6.05. The van der Waals surface area contributed by atoms with Gasteiger partial charge in [0.05, 0.1) is 6.26 Å². The molecule has 0 saturated carbocycles. The van der Waals surface area contributed by atoms with E-state index in [0.29, 0.717) is 11.3 Å². The number of amides is 1. The summed E-state index contributed by atoms with van der Waals surface area (Å²) < 4.78 is 5.46. The minimum Gasteiger partial charge on any atom is -0.467 e. The summed E-state index contributed by atoms with van der Waals surface area (Å²) in [6.07, 6.45) is 4.79. The van der Waals surface area contributed by atoms with Crippen molar-refractivity contribution in [2.75, 3.05) is 0 Å². The number of hydrogen-bond acceptors (Lipinski definition) is 3. The SMILES string of the molecule is O=C(NC(c1ccccc1)c1ccco1)c1ccncc1. The van der Waals surface area contributed by atoms with Crippen molar-refractivity contribution >= 4 is 5.91 Å². The predicted molar refractivity (Wildman–Crippen MR) is 78.7 cm³/mol. The molecule has 0 radical (unpaired) electrons. The fraction of sp³-hybridized carbons (Fsp3) is 0.0588. The highest BCUT2D eigenvalue weighted by Crippen LogP contribution is 2.22. The van der Waals surface area contributed by atoms with E-state index in [1.807, 2.05) is 42.5 Å². The van der Waals surface area contributed by atoms with Crippen molar-refractivity contribution in [2.45, 2.75) is 6.04 Å². The van der Waals surface area contributed by atoms with Gasteiger partial charge in [-0.1, -0.05) is 30.3 Å². The van der Waals surface area contributed by atoms with E-state index in [9.17, 15) is 4.79 Å². The molecular formula is C17H14N2O2. The third-order valence-corrected chi connectivity index (χ3v) is 3.18. The van der Waals surface area contributed by atoms with Crippen LogP contribution in [0.15, 0.2) is 77.7 Å². The van der Waals surface area contributed by atoms with Gasteiger partial charge in [0.2, 0.25) is 0 Å². The van der Waals surface area contributed by atoms with Gasteiger partial charge in [0.1, 0.15) is 11.8 Å². The molecule has 3 rings (SSSR count). The largest absolute Gasteiger partial charge is 0.467 e. The van der Waals surface area contributed by atoms with E-state index in [2.05, 4.69) is 10.3 Å². The molecule has 0 saturated heterocycles. The van der Waals surface area contributed by atoms with Crippen molar-refractivity contribution in [1.29, 1.82) is 0 Å². The summed E-state index contributed by atoms with van der Waals surface area (Å²) in [5, 5.41) is 2.99. The highest BCUT2D eigenvalue weighted by Gasteiger charge is 2.19. The minimum absolute atomic E-state index is 0.164. The quantitative estimate of drug-likeness (QED) is 0.797. The topological polar surface area (TPSA) is 55.1 Å².